The molecule has 8 nitrogen and oxygen atoms in total. The number of ether oxygens (including phenoxy) is 3. The van der Waals surface area contributed by atoms with Gasteiger partial charge in [0.2, 0.25) is 5.91 Å². The second-order valence-corrected chi connectivity index (χ2v) is 9.41. The van der Waals surface area contributed by atoms with Gasteiger partial charge in [0, 0.05) is 5.92 Å². The third-order valence-electron chi connectivity index (χ3n) is 5.62. The monoisotopic (exact) mass is 482 g/mol. The lowest BCUT2D eigenvalue weighted by molar-refractivity contribution is -0.144. The van der Waals surface area contributed by atoms with E-state index in [1.807, 2.05) is 57.2 Å². The Labute approximate surface area is 206 Å². The van der Waals surface area contributed by atoms with Gasteiger partial charge in [-0.2, -0.15) is 0 Å². The van der Waals surface area contributed by atoms with E-state index in [0.717, 1.165) is 22.3 Å². The smallest absolute Gasteiger partial charge is 0.407 e. The van der Waals surface area contributed by atoms with Crippen LogP contribution in [0.1, 0.15) is 51.7 Å². The highest BCUT2D eigenvalue weighted by Gasteiger charge is 2.33. The van der Waals surface area contributed by atoms with Crippen molar-refractivity contribution in [3.8, 4) is 11.1 Å². The van der Waals surface area contributed by atoms with Crippen molar-refractivity contribution in [2.75, 3.05) is 19.8 Å². The lowest BCUT2D eigenvalue weighted by Gasteiger charge is -2.30. The van der Waals surface area contributed by atoms with Crippen molar-refractivity contribution in [3.05, 3.63) is 59.7 Å². The van der Waals surface area contributed by atoms with E-state index >= 15 is 0 Å². The number of amides is 2. The van der Waals surface area contributed by atoms with Crippen molar-refractivity contribution >= 4 is 18.0 Å². The molecule has 8 heteroatoms. The first-order valence-corrected chi connectivity index (χ1v) is 11.8. The molecule has 35 heavy (non-hydrogen) atoms. The Kier molecular flexibility index (Phi) is 8.51. The highest BCUT2D eigenvalue weighted by Crippen LogP contribution is 2.44. The Bertz CT molecular complexity index is 1020. The Morgan fingerprint density at radius 2 is 1.51 bits per heavy atom. The number of carbonyl (C=O) groups excluding carboxylic acids is 3. The summed E-state index contributed by atoms with van der Waals surface area (Å²) in [4.78, 5) is 37.3. The maximum Gasteiger partial charge on any atom is 0.407 e. The lowest BCUT2D eigenvalue weighted by Crippen LogP contribution is -2.55. The van der Waals surface area contributed by atoms with Crippen LogP contribution >= 0.6 is 0 Å². The van der Waals surface area contributed by atoms with Crippen LogP contribution in [-0.2, 0) is 23.8 Å². The molecular formula is C27H34N2O6. The van der Waals surface area contributed by atoms with Gasteiger partial charge in [0.15, 0.2) is 0 Å². The molecular weight excluding hydrogens is 448 g/mol. The number of carbonyl (C=O) groups is 3. The van der Waals surface area contributed by atoms with Crippen LogP contribution in [0.15, 0.2) is 48.5 Å². The second kappa shape index (κ2) is 11.4. The molecule has 0 saturated heterocycles. The number of nitrogens with one attached hydrogen (secondary N) is 2. The molecule has 0 spiro atoms. The zero-order valence-corrected chi connectivity index (χ0v) is 20.9. The van der Waals surface area contributed by atoms with E-state index in [9.17, 15) is 14.4 Å². The van der Waals surface area contributed by atoms with Crippen molar-refractivity contribution in [1.82, 2.24) is 10.6 Å². The molecule has 0 fully saturated rings. The minimum absolute atomic E-state index is 0.104. The molecule has 2 N–H and O–H groups in total. The number of rotatable bonds is 9. The normalized spacial score (nSPS) is 14.3. The fourth-order valence-electron chi connectivity index (χ4n) is 4.27. The van der Waals surface area contributed by atoms with Gasteiger partial charge in [0.25, 0.3) is 0 Å². The predicted molar refractivity (Wildman–Crippen MR) is 132 cm³/mol. The van der Waals surface area contributed by atoms with Crippen molar-refractivity contribution in [3.63, 3.8) is 0 Å². The second-order valence-electron chi connectivity index (χ2n) is 9.41. The number of benzene rings is 2. The maximum atomic E-state index is 12.8. The summed E-state index contributed by atoms with van der Waals surface area (Å²) in [6.45, 7) is 8.94. The number of fused-ring (bicyclic) bond motifs is 3. The number of hydrogen-bond donors (Lipinski definition) is 2. The van der Waals surface area contributed by atoms with Crippen LogP contribution in [0.3, 0.4) is 0 Å². The first-order valence-electron chi connectivity index (χ1n) is 11.8. The van der Waals surface area contributed by atoms with Gasteiger partial charge in [-0.15, -0.1) is 0 Å². The van der Waals surface area contributed by atoms with Crippen LogP contribution in [0, 0.1) is 0 Å². The molecule has 2 atom stereocenters. The third-order valence-corrected chi connectivity index (χ3v) is 5.62. The quantitative estimate of drug-likeness (QED) is 0.528. The highest BCUT2D eigenvalue weighted by molar-refractivity contribution is 5.88. The Balaban J connectivity index is 1.68. The molecule has 0 heterocycles. The fraction of sp³-hybridized carbons (Fsp3) is 0.444. The maximum absolute atomic E-state index is 12.8. The first kappa shape index (κ1) is 26.2. The summed E-state index contributed by atoms with van der Waals surface area (Å²) in [6, 6.07) is 15.0. The molecule has 1 aliphatic carbocycles. The van der Waals surface area contributed by atoms with Gasteiger partial charge in [-0.3, -0.25) is 9.59 Å². The zero-order chi connectivity index (χ0) is 25.6. The van der Waals surface area contributed by atoms with Crippen LogP contribution in [0.4, 0.5) is 4.79 Å². The van der Waals surface area contributed by atoms with Gasteiger partial charge < -0.3 is 24.8 Å². The molecule has 188 valence electrons. The van der Waals surface area contributed by atoms with Crippen LogP contribution in [0.2, 0.25) is 0 Å². The molecule has 2 aromatic carbocycles. The average molecular weight is 483 g/mol. The fourth-order valence-corrected chi connectivity index (χ4v) is 4.27. The van der Waals surface area contributed by atoms with Gasteiger partial charge in [0.05, 0.1) is 18.3 Å². The molecule has 0 aliphatic heterocycles. The third kappa shape index (κ3) is 6.82. The van der Waals surface area contributed by atoms with E-state index in [4.69, 9.17) is 14.2 Å². The SMILES string of the molecule is CCOC(=O)CNC(=O)[C@@H](NC(=O)OCC1c2ccccc2-c2ccccc21)[C@@H](C)OC(C)(C)C. The minimum atomic E-state index is -1.07. The summed E-state index contributed by atoms with van der Waals surface area (Å²) in [7, 11) is 0. The van der Waals surface area contributed by atoms with Crippen LogP contribution in [-0.4, -0.2) is 55.5 Å². The lowest BCUT2D eigenvalue weighted by atomic mass is 9.98. The van der Waals surface area contributed by atoms with E-state index in [1.165, 1.54) is 0 Å². The Morgan fingerprint density at radius 1 is 0.943 bits per heavy atom. The minimum Gasteiger partial charge on any atom is -0.465 e. The van der Waals surface area contributed by atoms with Gasteiger partial charge in [-0.25, -0.2) is 4.79 Å². The average Bonchev–Trinajstić information content (AvgIpc) is 3.12. The Hall–Kier alpha value is -3.39. The molecule has 0 radical (unpaired) electrons. The highest BCUT2D eigenvalue weighted by atomic mass is 16.6. The van der Waals surface area contributed by atoms with Crippen LogP contribution < -0.4 is 10.6 Å². The van der Waals surface area contributed by atoms with E-state index < -0.39 is 35.7 Å². The largest absolute Gasteiger partial charge is 0.465 e. The van der Waals surface area contributed by atoms with Crippen molar-refractivity contribution in [2.45, 2.75) is 58.3 Å². The summed E-state index contributed by atoms with van der Waals surface area (Å²) in [5.41, 5.74) is 3.88. The van der Waals surface area contributed by atoms with Gasteiger partial charge >= 0.3 is 12.1 Å². The number of esters is 1. The zero-order valence-electron chi connectivity index (χ0n) is 20.9. The molecule has 2 aromatic rings. The van der Waals surface area contributed by atoms with Crippen LogP contribution in [0.25, 0.3) is 11.1 Å². The van der Waals surface area contributed by atoms with Crippen molar-refractivity contribution in [1.29, 1.82) is 0 Å². The standard InChI is InChI=1S/C27H34N2O6/c1-6-33-23(30)15-28-25(31)24(17(2)35-27(3,4)5)29-26(32)34-16-22-20-13-9-7-11-18(20)19-12-8-10-14-21(19)22/h7-14,17,22,24H,6,15-16H2,1-5H3,(H,28,31)(H,29,32)/t17-,24+/m1/s1. The van der Waals surface area contributed by atoms with E-state index in [-0.39, 0.29) is 25.7 Å². The van der Waals surface area contributed by atoms with Crippen LogP contribution in [0.5, 0.6) is 0 Å². The molecule has 0 saturated carbocycles. The van der Waals surface area contributed by atoms with E-state index in [2.05, 4.69) is 22.8 Å². The first-order chi connectivity index (χ1) is 16.6. The summed E-state index contributed by atoms with van der Waals surface area (Å²) < 4.78 is 16.3. The van der Waals surface area contributed by atoms with Gasteiger partial charge in [0.1, 0.15) is 19.2 Å². The predicted octanol–water partition coefficient (Wildman–Crippen LogP) is 3.78. The molecule has 2 amide bonds. The summed E-state index contributed by atoms with van der Waals surface area (Å²) in [5.74, 6) is -1.24. The van der Waals surface area contributed by atoms with Gasteiger partial charge in [-0.1, -0.05) is 48.5 Å². The molecule has 0 bridgehead atoms. The number of alkyl carbamates (subject to hydrolysis) is 1. The summed E-state index contributed by atoms with van der Waals surface area (Å²) in [5, 5.41) is 5.12. The molecule has 1 aliphatic rings. The summed E-state index contributed by atoms with van der Waals surface area (Å²) in [6.07, 6.45) is -1.43. The molecule has 0 aromatic heterocycles. The van der Waals surface area contributed by atoms with Crippen molar-refractivity contribution < 1.29 is 28.6 Å². The van der Waals surface area contributed by atoms with E-state index in [1.54, 1.807) is 13.8 Å². The van der Waals surface area contributed by atoms with Crippen molar-refractivity contribution in [2.24, 2.45) is 0 Å². The van der Waals surface area contributed by atoms with Gasteiger partial charge in [-0.05, 0) is 56.9 Å². The van der Waals surface area contributed by atoms with E-state index in [0.29, 0.717) is 0 Å². The topological polar surface area (TPSA) is 103 Å². The number of hydrogen-bond acceptors (Lipinski definition) is 6. The summed E-state index contributed by atoms with van der Waals surface area (Å²) >= 11 is 0. The molecule has 0 unspecified atom stereocenters. The Morgan fingerprint density at radius 3 is 2.06 bits per heavy atom. The molecule has 3 rings (SSSR count).